The first-order valence-electron chi connectivity index (χ1n) is 5.88. The number of nitrogens with zero attached hydrogens (tertiary/aromatic N) is 1. The Balaban J connectivity index is 2.41. The van der Waals surface area contributed by atoms with Crippen molar-refractivity contribution >= 4 is 39.4 Å². The number of ether oxygens (including phenoxy) is 1. The number of hydrogen-bond donors (Lipinski definition) is 0. The van der Waals surface area contributed by atoms with Gasteiger partial charge in [-0.05, 0) is 34.8 Å². The Bertz CT molecular complexity index is 606. The zero-order valence-electron chi connectivity index (χ0n) is 10.7. The van der Waals surface area contributed by atoms with Crippen LogP contribution in [0.3, 0.4) is 0 Å². The number of aromatic nitrogens is 1. The summed E-state index contributed by atoms with van der Waals surface area (Å²) in [5.41, 5.74) is -4.35. The van der Waals surface area contributed by atoms with E-state index in [1.807, 2.05) is 0 Å². The van der Waals surface area contributed by atoms with Gasteiger partial charge in [0.1, 0.15) is 10.9 Å². The Morgan fingerprint density at radius 3 is 2.81 bits per heavy atom. The van der Waals surface area contributed by atoms with Gasteiger partial charge in [0.15, 0.2) is 5.78 Å². The van der Waals surface area contributed by atoms with Crippen LogP contribution < -0.4 is 0 Å². The number of hydrogen-bond acceptors (Lipinski definition) is 5. The number of ketones is 1. The van der Waals surface area contributed by atoms with Crippen molar-refractivity contribution in [3.05, 3.63) is 21.8 Å². The summed E-state index contributed by atoms with van der Waals surface area (Å²) in [5, 5.41) is -0.433. The van der Waals surface area contributed by atoms with E-state index in [9.17, 15) is 22.8 Å². The highest BCUT2D eigenvalue weighted by atomic mass is 79.9. The van der Waals surface area contributed by atoms with Gasteiger partial charge in [-0.1, -0.05) is 0 Å². The van der Waals surface area contributed by atoms with Crippen LogP contribution in [-0.2, 0) is 16.0 Å². The number of pyridine rings is 1. The van der Waals surface area contributed by atoms with Crippen LogP contribution >= 0.6 is 27.7 Å². The monoisotopic (exact) mass is 383 g/mol. The first-order chi connectivity index (χ1) is 9.74. The number of Topliss-reactive ketones (excluding diaryl/α,β-unsaturated/α-hetero) is 1. The molecule has 0 bridgehead atoms. The molecule has 0 saturated carbocycles. The number of carbonyl (C=O) groups is 2. The topological polar surface area (TPSA) is 56.3 Å². The highest BCUT2D eigenvalue weighted by Crippen LogP contribution is 2.43. The van der Waals surface area contributed by atoms with E-state index in [2.05, 4.69) is 20.9 Å². The molecule has 0 aromatic carbocycles. The fraction of sp³-hybridized carbons (Fsp3) is 0.417. The minimum Gasteiger partial charge on any atom is -0.465 e. The maximum absolute atomic E-state index is 12.5. The zero-order valence-corrected chi connectivity index (χ0v) is 13.1. The number of rotatable bonds is 3. The maximum atomic E-state index is 12.5. The van der Waals surface area contributed by atoms with E-state index in [-0.39, 0.29) is 18.6 Å². The van der Waals surface area contributed by atoms with E-state index in [0.717, 1.165) is 0 Å². The molecule has 21 heavy (non-hydrogen) atoms. The van der Waals surface area contributed by atoms with E-state index in [4.69, 9.17) is 4.74 Å². The van der Waals surface area contributed by atoms with Crippen LogP contribution in [0.25, 0.3) is 0 Å². The lowest BCUT2D eigenvalue weighted by molar-refractivity contribution is -0.145. The van der Waals surface area contributed by atoms with Gasteiger partial charge in [0.25, 0.3) is 0 Å². The van der Waals surface area contributed by atoms with Crippen molar-refractivity contribution in [2.75, 3.05) is 6.61 Å². The van der Waals surface area contributed by atoms with E-state index in [1.54, 1.807) is 6.92 Å². The average molecular weight is 384 g/mol. The Kier molecular flexibility index (Phi) is 4.62. The van der Waals surface area contributed by atoms with Crippen LogP contribution in [0.4, 0.5) is 13.2 Å². The highest BCUT2D eigenvalue weighted by molar-refractivity contribution is 9.10. The summed E-state index contributed by atoms with van der Waals surface area (Å²) in [7, 11) is 0. The molecule has 114 valence electrons. The van der Waals surface area contributed by atoms with Crippen LogP contribution in [-0.4, -0.2) is 28.9 Å². The number of carbonyl (C=O) groups excluding carboxylic acids is 2. The Hall–Kier alpha value is -1.09. The molecular weight excluding hydrogens is 375 g/mol. The quantitative estimate of drug-likeness (QED) is 0.455. The van der Waals surface area contributed by atoms with E-state index in [0.29, 0.717) is 10.0 Å². The second kappa shape index (κ2) is 5.96. The lowest BCUT2D eigenvalue weighted by Gasteiger charge is -2.09. The molecule has 1 aliphatic carbocycles. The standard InChI is InChI=1S/C12H9BrF3NO3S/c1-2-20-11(19)6-3-5-7(13)4-17-10(8(5)9(6)18)21-12(14,15)16/h4,6H,2-3H2,1H3. The summed E-state index contributed by atoms with van der Waals surface area (Å²) in [6.45, 7) is 1.69. The summed E-state index contributed by atoms with van der Waals surface area (Å²) in [5.74, 6) is -2.51. The van der Waals surface area contributed by atoms with Crippen molar-refractivity contribution < 1.29 is 27.5 Å². The summed E-state index contributed by atoms with van der Waals surface area (Å²) in [6.07, 6.45) is 1.22. The van der Waals surface area contributed by atoms with Gasteiger partial charge in [-0.3, -0.25) is 9.59 Å². The molecule has 1 aromatic rings. The van der Waals surface area contributed by atoms with Gasteiger partial charge in [-0.25, -0.2) is 4.98 Å². The molecule has 9 heteroatoms. The van der Waals surface area contributed by atoms with Gasteiger partial charge in [0.05, 0.1) is 12.2 Å². The van der Waals surface area contributed by atoms with Gasteiger partial charge >= 0.3 is 11.5 Å². The fourth-order valence-electron chi connectivity index (χ4n) is 2.05. The molecule has 1 aromatic heterocycles. The van der Waals surface area contributed by atoms with Crippen molar-refractivity contribution in [1.29, 1.82) is 0 Å². The van der Waals surface area contributed by atoms with Gasteiger partial charge in [-0.15, -0.1) is 0 Å². The number of fused-ring (bicyclic) bond motifs is 1. The Labute approximate surface area is 130 Å². The third-order valence-corrected chi connectivity index (χ3v) is 4.27. The summed E-state index contributed by atoms with van der Waals surface area (Å²) < 4.78 is 42.8. The summed E-state index contributed by atoms with van der Waals surface area (Å²) in [6, 6.07) is 0. The third kappa shape index (κ3) is 3.39. The van der Waals surface area contributed by atoms with Gasteiger partial charge < -0.3 is 4.74 Å². The van der Waals surface area contributed by atoms with Crippen LogP contribution in [0.5, 0.6) is 0 Å². The molecule has 0 saturated heterocycles. The molecule has 1 atom stereocenters. The maximum Gasteiger partial charge on any atom is 0.447 e. The van der Waals surface area contributed by atoms with E-state index < -0.39 is 40.0 Å². The van der Waals surface area contributed by atoms with Crippen molar-refractivity contribution in [2.24, 2.45) is 5.92 Å². The SMILES string of the molecule is CCOC(=O)C1Cc2c(Br)cnc(SC(F)(F)F)c2C1=O. The summed E-state index contributed by atoms with van der Waals surface area (Å²) in [4.78, 5) is 27.6. The molecule has 1 aliphatic rings. The number of thioether (sulfide) groups is 1. The Morgan fingerprint density at radius 2 is 2.24 bits per heavy atom. The Morgan fingerprint density at radius 1 is 1.57 bits per heavy atom. The van der Waals surface area contributed by atoms with Gasteiger partial charge in [0.2, 0.25) is 0 Å². The molecule has 0 radical (unpaired) electrons. The molecule has 0 amide bonds. The predicted octanol–water partition coefficient (Wildman–Crippen LogP) is 3.37. The van der Waals surface area contributed by atoms with Crippen molar-refractivity contribution in [3.63, 3.8) is 0 Å². The average Bonchev–Trinajstić information content (AvgIpc) is 2.71. The van der Waals surface area contributed by atoms with Crippen molar-refractivity contribution in [1.82, 2.24) is 4.98 Å². The molecule has 0 N–H and O–H groups in total. The van der Waals surface area contributed by atoms with Gasteiger partial charge in [-0.2, -0.15) is 13.2 Å². The molecule has 0 aliphatic heterocycles. The van der Waals surface area contributed by atoms with Crippen LogP contribution in [0.15, 0.2) is 15.7 Å². The van der Waals surface area contributed by atoms with Gasteiger partial charge in [0, 0.05) is 22.4 Å². The lowest BCUT2D eigenvalue weighted by Crippen LogP contribution is -2.23. The van der Waals surface area contributed by atoms with Crippen molar-refractivity contribution in [2.45, 2.75) is 23.9 Å². The molecule has 1 unspecified atom stereocenters. The molecule has 0 fully saturated rings. The van der Waals surface area contributed by atoms with Crippen LogP contribution in [0.2, 0.25) is 0 Å². The van der Waals surface area contributed by atoms with E-state index >= 15 is 0 Å². The highest BCUT2D eigenvalue weighted by Gasteiger charge is 2.42. The predicted molar refractivity (Wildman–Crippen MR) is 72.0 cm³/mol. The molecule has 0 spiro atoms. The number of alkyl halides is 3. The lowest BCUT2D eigenvalue weighted by atomic mass is 10.1. The van der Waals surface area contributed by atoms with Crippen molar-refractivity contribution in [3.8, 4) is 0 Å². The minimum absolute atomic E-state index is 0.0154. The van der Waals surface area contributed by atoms with Crippen LogP contribution in [0, 0.1) is 5.92 Å². The second-order valence-electron chi connectivity index (χ2n) is 4.19. The molecule has 2 rings (SSSR count). The summed E-state index contributed by atoms with van der Waals surface area (Å²) >= 11 is 2.69. The first-order valence-corrected chi connectivity index (χ1v) is 7.49. The molecule has 1 heterocycles. The van der Waals surface area contributed by atoms with Crippen LogP contribution in [0.1, 0.15) is 22.8 Å². The molecular formula is C12H9BrF3NO3S. The normalized spacial score (nSPS) is 17.8. The fourth-order valence-corrected chi connectivity index (χ4v) is 3.16. The van der Waals surface area contributed by atoms with E-state index in [1.165, 1.54) is 6.20 Å². The first kappa shape index (κ1) is 16.3. The zero-order chi connectivity index (χ0) is 15.8. The smallest absolute Gasteiger partial charge is 0.447 e. The number of esters is 1. The largest absolute Gasteiger partial charge is 0.465 e. The third-order valence-electron chi connectivity index (χ3n) is 2.85. The minimum atomic E-state index is -4.56. The molecule has 4 nitrogen and oxygen atoms in total. The number of halogens is 4. The second-order valence-corrected chi connectivity index (χ2v) is 6.09.